The summed E-state index contributed by atoms with van der Waals surface area (Å²) in [5.41, 5.74) is 6.70. The molecule has 23 heavy (non-hydrogen) atoms. The summed E-state index contributed by atoms with van der Waals surface area (Å²) in [6.07, 6.45) is -2.07. The van der Waals surface area contributed by atoms with Crippen LogP contribution in [-0.2, 0) is 4.74 Å². The molecule has 0 radical (unpaired) electrons. The number of ether oxygens (including phenoxy) is 1. The normalized spacial score (nSPS) is 29.1. The van der Waals surface area contributed by atoms with E-state index in [2.05, 4.69) is 42.5 Å². The van der Waals surface area contributed by atoms with Crippen LogP contribution in [0.4, 0.5) is 0 Å². The topological polar surface area (TPSA) is 53.0 Å². The maximum Gasteiger partial charge on any atom is 0.118 e. The van der Waals surface area contributed by atoms with E-state index < -0.39 is 12.2 Å². The van der Waals surface area contributed by atoms with Gasteiger partial charge in [-0.3, -0.25) is 0 Å². The number of aliphatic hydroxyl groups is 2. The molecule has 1 aliphatic heterocycles. The fourth-order valence-corrected chi connectivity index (χ4v) is 4.47. The van der Waals surface area contributed by atoms with Gasteiger partial charge in [-0.25, -0.2) is 0 Å². The fraction of sp³-hybridized carbons (Fsp3) is 0.200. The second kappa shape index (κ2) is 3.82. The lowest BCUT2D eigenvalue weighted by molar-refractivity contribution is 0.0000418. The number of rotatable bonds is 0. The molecule has 3 aliphatic rings. The quantitative estimate of drug-likeness (QED) is 0.490. The maximum atomic E-state index is 10.4. The molecule has 0 unspecified atom stereocenters. The van der Waals surface area contributed by atoms with Gasteiger partial charge in [0.25, 0.3) is 0 Å². The molecule has 2 N–H and O–H groups in total. The van der Waals surface area contributed by atoms with Crippen LogP contribution in [0, 0.1) is 0 Å². The zero-order valence-electron chi connectivity index (χ0n) is 12.2. The van der Waals surface area contributed by atoms with Crippen LogP contribution in [0.25, 0.3) is 33.0 Å². The molecule has 0 saturated carbocycles. The Morgan fingerprint density at radius 1 is 0.826 bits per heavy atom. The number of epoxide rings is 1. The highest BCUT2D eigenvalue weighted by molar-refractivity contribution is 6.16. The molecule has 0 spiro atoms. The fourth-order valence-electron chi connectivity index (χ4n) is 4.47. The third-order valence-corrected chi connectivity index (χ3v) is 5.53. The van der Waals surface area contributed by atoms with E-state index in [1.807, 2.05) is 6.07 Å². The average molecular weight is 302 g/mol. The van der Waals surface area contributed by atoms with E-state index in [1.54, 1.807) is 0 Å². The zero-order chi connectivity index (χ0) is 15.3. The van der Waals surface area contributed by atoms with Crippen LogP contribution < -0.4 is 0 Å². The van der Waals surface area contributed by atoms with Crippen molar-refractivity contribution in [2.24, 2.45) is 0 Å². The first-order valence-electron chi connectivity index (χ1n) is 7.96. The van der Waals surface area contributed by atoms with E-state index >= 15 is 0 Å². The van der Waals surface area contributed by atoms with E-state index in [0.29, 0.717) is 0 Å². The molecule has 112 valence electrons. The van der Waals surface area contributed by atoms with Crippen LogP contribution in [0.15, 0.2) is 48.5 Å². The lowest BCUT2D eigenvalue weighted by Crippen LogP contribution is -2.29. The first-order chi connectivity index (χ1) is 11.3. The van der Waals surface area contributed by atoms with Crippen molar-refractivity contribution in [3.05, 3.63) is 59.7 Å². The van der Waals surface area contributed by atoms with Gasteiger partial charge in [0.2, 0.25) is 0 Å². The van der Waals surface area contributed by atoms with Crippen LogP contribution in [0.1, 0.15) is 23.3 Å². The van der Waals surface area contributed by atoms with Gasteiger partial charge in [0, 0.05) is 0 Å². The average Bonchev–Trinajstić information content (AvgIpc) is 3.32. The van der Waals surface area contributed by atoms with Gasteiger partial charge in [-0.1, -0.05) is 48.5 Å². The van der Waals surface area contributed by atoms with Crippen molar-refractivity contribution >= 4 is 10.8 Å². The molecule has 3 aromatic rings. The van der Waals surface area contributed by atoms with E-state index in [-0.39, 0.29) is 12.2 Å². The smallest absolute Gasteiger partial charge is 0.118 e. The summed E-state index contributed by atoms with van der Waals surface area (Å²) in [5.74, 6) is 0. The largest absolute Gasteiger partial charge is 0.387 e. The highest BCUT2D eigenvalue weighted by Crippen LogP contribution is 2.58. The van der Waals surface area contributed by atoms with E-state index in [0.717, 1.165) is 11.1 Å². The molecule has 0 bridgehead atoms. The molecule has 6 rings (SSSR count). The molecule has 4 atom stereocenters. The standard InChI is InChI=1S/C20H14O3/c21-17-13-8-7-11-10-5-1-3-9-4-2-6-12(14(9)10)15(11)16(13)19-20(23-19)18(17)22/h1-8,17-22H/t17-,18+,19+,20-/m1/s1. The summed E-state index contributed by atoms with van der Waals surface area (Å²) in [6.45, 7) is 0. The van der Waals surface area contributed by atoms with E-state index in [1.165, 1.54) is 33.0 Å². The van der Waals surface area contributed by atoms with Gasteiger partial charge < -0.3 is 14.9 Å². The van der Waals surface area contributed by atoms with E-state index in [4.69, 9.17) is 4.74 Å². The first-order valence-corrected chi connectivity index (χ1v) is 7.96. The molecule has 3 aromatic carbocycles. The van der Waals surface area contributed by atoms with Crippen molar-refractivity contribution in [3.63, 3.8) is 0 Å². The molecule has 0 aromatic heterocycles. The van der Waals surface area contributed by atoms with Crippen LogP contribution in [0.2, 0.25) is 0 Å². The highest BCUT2D eigenvalue weighted by Gasteiger charge is 2.55. The minimum absolute atomic E-state index is 0.0945. The Kier molecular flexibility index (Phi) is 2.03. The Morgan fingerprint density at radius 2 is 1.61 bits per heavy atom. The van der Waals surface area contributed by atoms with Crippen LogP contribution in [0.3, 0.4) is 0 Å². The van der Waals surface area contributed by atoms with E-state index in [9.17, 15) is 10.2 Å². The van der Waals surface area contributed by atoms with Gasteiger partial charge in [0.15, 0.2) is 0 Å². The van der Waals surface area contributed by atoms with Crippen molar-refractivity contribution in [1.29, 1.82) is 0 Å². The minimum Gasteiger partial charge on any atom is -0.387 e. The van der Waals surface area contributed by atoms with Gasteiger partial charge >= 0.3 is 0 Å². The summed E-state index contributed by atoms with van der Waals surface area (Å²) in [7, 11) is 0. The van der Waals surface area contributed by atoms with Crippen LogP contribution in [-0.4, -0.2) is 22.4 Å². The predicted molar refractivity (Wildman–Crippen MR) is 87.0 cm³/mol. The number of fused-ring (bicyclic) bond motifs is 7. The zero-order valence-corrected chi connectivity index (χ0v) is 12.2. The summed E-state index contributed by atoms with van der Waals surface area (Å²) >= 11 is 0. The Balaban J connectivity index is 1.76. The highest BCUT2D eigenvalue weighted by atomic mass is 16.6. The van der Waals surface area contributed by atoms with Crippen molar-refractivity contribution in [2.45, 2.75) is 24.4 Å². The molecule has 1 heterocycles. The monoisotopic (exact) mass is 302 g/mol. The summed E-state index contributed by atoms with van der Waals surface area (Å²) in [5, 5.41) is 23.1. The summed E-state index contributed by atoms with van der Waals surface area (Å²) in [4.78, 5) is 0. The van der Waals surface area contributed by atoms with Crippen molar-refractivity contribution in [2.75, 3.05) is 0 Å². The van der Waals surface area contributed by atoms with Gasteiger partial charge in [-0.15, -0.1) is 0 Å². The Hall–Kier alpha value is -2.20. The lowest BCUT2D eigenvalue weighted by atomic mass is 9.82. The molecule has 2 aliphatic carbocycles. The molecule has 0 amide bonds. The first kappa shape index (κ1) is 12.3. The number of hydrogen-bond acceptors (Lipinski definition) is 3. The molecule has 3 heteroatoms. The van der Waals surface area contributed by atoms with Crippen molar-refractivity contribution < 1.29 is 14.9 Å². The summed E-state index contributed by atoms with van der Waals surface area (Å²) in [6, 6.07) is 16.8. The van der Waals surface area contributed by atoms with Crippen molar-refractivity contribution in [3.8, 4) is 22.3 Å². The molecule has 1 fully saturated rings. The van der Waals surface area contributed by atoms with Gasteiger partial charge in [0.05, 0.1) is 0 Å². The SMILES string of the molecule is O[C@@H]1[C@H]2O[C@H]2c2c(ccc3c2-c2cccc4cccc-3c24)[C@H]1O. The maximum absolute atomic E-state index is 10.4. The Bertz CT molecular complexity index is 1000. The van der Waals surface area contributed by atoms with Gasteiger partial charge in [0.1, 0.15) is 24.4 Å². The van der Waals surface area contributed by atoms with Gasteiger partial charge in [-0.05, 0) is 44.2 Å². The molecular weight excluding hydrogens is 288 g/mol. The minimum atomic E-state index is -0.873. The predicted octanol–water partition coefficient (Wildman–Crippen LogP) is 3.34. The number of aliphatic hydroxyl groups excluding tert-OH is 2. The second-order valence-corrected chi connectivity index (χ2v) is 6.66. The lowest BCUT2D eigenvalue weighted by Gasteiger charge is -2.25. The summed E-state index contributed by atoms with van der Waals surface area (Å²) < 4.78 is 5.70. The third-order valence-electron chi connectivity index (χ3n) is 5.53. The molecule has 3 nitrogen and oxygen atoms in total. The van der Waals surface area contributed by atoms with Gasteiger partial charge in [-0.2, -0.15) is 0 Å². The Labute approximate surface area is 132 Å². The van der Waals surface area contributed by atoms with Crippen LogP contribution in [0.5, 0.6) is 0 Å². The van der Waals surface area contributed by atoms with Crippen LogP contribution >= 0.6 is 0 Å². The number of benzene rings is 3. The third kappa shape index (κ3) is 1.33. The second-order valence-electron chi connectivity index (χ2n) is 6.66. The van der Waals surface area contributed by atoms with Crippen molar-refractivity contribution in [1.82, 2.24) is 0 Å². The Morgan fingerprint density at radius 3 is 2.43 bits per heavy atom. The number of hydrogen-bond donors (Lipinski definition) is 2. The molecule has 1 saturated heterocycles. The molecular formula is C20H14O3.